The zero-order valence-corrected chi connectivity index (χ0v) is 21.0. The minimum Gasteiger partial charge on any atom is -0.489 e. The highest BCUT2D eigenvalue weighted by Crippen LogP contribution is 2.34. The Kier molecular flexibility index (Phi) is 6.55. The SMILES string of the molecule is CCC1=C(C(=O)N[C@H]2COc3ccc(-c4nnc(C)o4)cc3N(C)C2=O)NC(Cc2cccs2)=NC1. The smallest absolute Gasteiger partial charge is 0.268 e. The van der Waals surface area contributed by atoms with Gasteiger partial charge < -0.3 is 24.7 Å². The van der Waals surface area contributed by atoms with Gasteiger partial charge >= 0.3 is 0 Å². The third-order valence-electron chi connectivity index (χ3n) is 6.09. The molecule has 2 aliphatic rings. The maximum atomic E-state index is 13.3. The first kappa shape index (κ1) is 23.7. The molecular weight excluding hydrogens is 480 g/mol. The quantitative estimate of drug-likeness (QED) is 0.527. The van der Waals surface area contributed by atoms with Crippen molar-refractivity contribution in [2.45, 2.75) is 32.7 Å². The molecule has 1 aromatic carbocycles. The molecule has 36 heavy (non-hydrogen) atoms. The first-order valence-electron chi connectivity index (χ1n) is 11.6. The Morgan fingerprint density at radius 1 is 1.31 bits per heavy atom. The Morgan fingerprint density at radius 2 is 2.17 bits per heavy atom. The molecule has 3 aromatic rings. The van der Waals surface area contributed by atoms with E-state index >= 15 is 0 Å². The van der Waals surface area contributed by atoms with Crippen molar-refractivity contribution in [3.63, 3.8) is 0 Å². The van der Waals surface area contributed by atoms with Crippen LogP contribution in [0.15, 0.2) is 56.4 Å². The molecule has 0 spiro atoms. The van der Waals surface area contributed by atoms with Crippen LogP contribution in [0.25, 0.3) is 11.5 Å². The molecule has 0 saturated carbocycles. The van der Waals surface area contributed by atoms with Crippen LogP contribution in [0.5, 0.6) is 5.75 Å². The Bertz CT molecular complexity index is 1360. The number of carbonyl (C=O) groups excluding carboxylic acids is 2. The van der Waals surface area contributed by atoms with Crippen molar-refractivity contribution >= 4 is 34.7 Å². The molecule has 2 aromatic heterocycles. The molecule has 0 saturated heterocycles. The Morgan fingerprint density at radius 3 is 2.89 bits per heavy atom. The molecule has 0 aliphatic carbocycles. The van der Waals surface area contributed by atoms with E-state index in [0.29, 0.717) is 53.9 Å². The number of nitrogens with one attached hydrogen (secondary N) is 2. The van der Waals surface area contributed by atoms with Crippen LogP contribution in [0, 0.1) is 6.92 Å². The summed E-state index contributed by atoms with van der Waals surface area (Å²) in [5, 5.41) is 16.0. The Balaban J connectivity index is 1.31. The molecule has 0 unspecified atom stereocenters. The minimum absolute atomic E-state index is 0.00576. The number of carbonyl (C=O) groups is 2. The molecule has 2 N–H and O–H groups in total. The summed E-state index contributed by atoms with van der Waals surface area (Å²) in [6, 6.07) is 8.47. The number of aromatic nitrogens is 2. The van der Waals surface area contributed by atoms with E-state index in [4.69, 9.17) is 9.15 Å². The minimum atomic E-state index is -0.865. The summed E-state index contributed by atoms with van der Waals surface area (Å²) in [5.74, 6) is 1.42. The van der Waals surface area contributed by atoms with Gasteiger partial charge in [0.15, 0.2) is 0 Å². The van der Waals surface area contributed by atoms with Crippen LogP contribution in [0.2, 0.25) is 0 Å². The lowest BCUT2D eigenvalue weighted by atomic mass is 10.1. The number of thiophene rings is 1. The molecule has 11 heteroatoms. The van der Waals surface area contributed by atoms with Crippen molar-refractivity contribution in [2.24, 2.45) is 4.99 Å². The van der Waals surface area contributed by atoms with E-state index in [1.54, 1.807) is 43.5 Å². The van der Waals surface area contributed by atoms with Gasteiger partial charge in [0.25, 0.3) is 11.8 Å². The van der Waals surface area contributed by atoms with E-state index in [0.717, 1.165) is 16.3 Å². The second kappa shape index (κ2) is 9.94. The lowest BCUT2D eigenvalue weighted by molar-refractivity contribution is -0.126. The highest BCUT2D eigenvalue weighted by Gasteiger charge is 2.32. The fourth-order valence-electron chi connectivity index (χ4n) is 4.10. The maximum absolute atomic E-state index is 13.3. The summed E-state index contributed by atoms with van der Waals surface area (Å²) >= 11 is 1.64. The number of likely N-dealkylation sites (N-methyl/N-ethyl adjacent to an activating group) is 1. The second-order valence-corrected chi connectivity index (χ2v) is 9.55. The van der Waals surface area contributed by atoms with Crippen LogP contribution in [0.4, 0.5) is 5.69 Å². The number of amidine groups is 1. The fraction of sp³-hybridized carbons (Fsp3) is 0.320. The Hall–Kier alpha value is -3.99. The summed E-state index contributed by atoms with van der Waals surface area (Å²) in [6.45, 7) is 4.15. The Labute approximate surface area is 212 Å². The fourth-order valence-corrected chi connectivity index (χ4v) is 4.81. The van der Waals surface area contributed by atoms with E-state index in [2.05, 4.69) is 25.8 Å². The predicted molar refractivity (Wildman–Crippen MR) is 136 cm³/mol. The standard InChI is InChI=1S/C25H26N6O4S/c1-4-15-12-26-21(11-17-6-5-9-36-17)28-22(15)23(32)27-18-13-34-20-8-7-16(24-30-29-14(2)35-24)10-19(20)31(3)25(18)33/h5-10,18H,4,11-13H2,1-3H3,(H,26,28)(H,27,32)/t18-/m0/s1. The molecular formula is C25H26N6O4S. The van der Waals surface area contributed by atoms with Crippen LogP contribution in [0.3, 0.4) is 0 Å². The molecule has 5 rings (SSSR count). The molecule has 0 fully saturated rings. The summed E-state index contributed by atoms with van der Waals surface area (Å²) in [6.07, 6.45) is 1.29. The molecule has 10 nitrogen and oxygen atoms in total. The van der Waals surface area contributed by atoms with Gasteiger partial charge in [-0.15, -0.1) is 21.5 Å². The number of anilines is 1. The van der Waals surface area contributed by atoms with Gasteiger partial charge in [-0.1, -0.05) is 13.0 Å². The number of benzene rings is 1. The van der Waals surface area contributed by atoms with Crippen LogP contribution < -0.4 is 20.3 Å². The second-order valence-electron chi connectivity index (χ2n) is 8.52. The van der Waals surface area contributed by atoms with E-state index in [1.165, 1.54) is 4.90 Å². The first-order valence-corrected chi connectivity index (χ1v) is 12.5. The number of fused-ring (bicyclic) bond motifs is 1. The zero-order valence-electron chi connectivity index (χ0n) is 20.2. The van der Waals surface area contributed by atoms with Crippen molar-refractivity contribution in [1.82, 2.24) is 20.8 Å². The van der Waals surface area contributed by atoms with E-state index in [1.807, 2.05) is 24.4 Å². The number of nitrogens with zero attached hydrogens (tertiary/aromatic N) is 4. The van der Waals surface area contributed by atoms with Crippen LogP contribution in [-0.2, 0) is 16.0 Å². The summed E-state index contributed by atoms with van der Waals surface area (Å²) in [4.78, 5) is 33.9. The van der Waals surface area contributed by atoms with Crippen molar-refractivity contribution < 1.29 is 18.7 Å². The van der Waals surface area contributed by atoms with E-state index in [9.17, 15) is 9.59 Å². The number of rotatable bonds is 6. The molecule has 1 atom stereocenters. The number of ether oxygens (including phenoxy) is 1. The number of amides is 2. The van der Waals surface area contributed by atoms with Gasteiger partial charge in [-0.2, -0.15) is 0 Å². The van der Waals surface area contributed by atoms with Gasteiger partial charge in [0, 0.05) is 30.8 Å². The number of hydrogen-bond donors (Lipinski definition) is 2. The van der Waals surface area contributed by atoms with Crippen molar-refractivity contribution in [2.75, 3.05) is 25.1 Å². The van der Waals surface area contributed by atoms with Gasteiger partial charge in [-0.3, -0.25) is 14.6 Å². The van der Waals surface area contributed by atoms with Crippen LogP contribution >= 0.6 is 11.3 Å². The third kappa shape index (κ3) is 4.74. The van der Waals surface area contributed by atoms with Crippen LogP contribution in [0.1, 0.15) is 24.1 Å². The third-order valence-corrected chi connectivity index (χ3v) is 6.97. The number of aliphatic imine (C=N–C) groups is 1. The van der Waals surface area contributed by atoms with Gasteiger partial charge in [0.1, 0.15) is 29.9 Å². The van der Waals surface area contributed by atoms with Gasteiger partial charge in [-0.25, -0.2) is 0 Å². The van der Waals surface area contributed by atoms with Crippen molar-refractivity contribution in [1.29, 1.82) is 0 Å². The first-order chi connectivity index (χ1) is 17.4. The molecule has 2 amide bonds. The number of aryl methyl sites for hydroxylation is 1. The normalized spacial score (nSPS) is 17.6. The highest BCUT2D eigenvalue weighted by atomic mass is 32.1. The molecule has 0 radical (unpaired) electrons. The van der Waals surface area contributed by atoms with Crippen molar-refractivity contribution in [3.8, 4) is 17.2 Å². The van der Waals surface area contributed by atoms with Crippen molar-refractivity contribution in [3.05, 3.63) is 57.7 Å². The number of hydrogen-bond acceptors (Lipinski definition) is 9. The largest absolute Gasteiger partial charge is 0.489 e. The monoisotopic (exact) mass is 506 g/mol. The average Bonchev–Trinajstić information content (AvgIpc) is 3.55. The van der Waals surface area contributed by atoms with Gasteiger partial charge in [-0.05, 0) is 41.6 Å². The summed E-state index contributed by atoms with van der Waals surface area (Å²) < 4.78 is 11.4. The molecule has 0 bridgehead atoms. The zero-order chi connectivity index (χ0) is 25.2. The molecule has 2 aliphatic heterocycles. The highest BCUT2D eigenvalue weighted by molar-refractivity contribution is 7.10. The molecule has 186 valence electrons. The predicted octanol–water partition coefficient (Wildman–Crippen LogP) is 2.86. The summed E-state index contributed by atoms with van der Waals surface area (Å²) in [7, 11) is 1.65. The molecule has 4 heterocycles. The topological polar surface area (TPSA) is 122 Å². The maximum Gasteiger partial charge on any atom is 0.268 e. The van der Waals surface area contributed by atoms with Gasteiger partial charge in [0.2, 0.25) is 11.8 Å². The van der Waals surface area contributed by atoms with E-state index in [-0.39, 0.29) is 18.4 Å². The average molecular weight is 507 g/mol. The van der Waals surface area contributed by atoms with E-state index < -0.39 is 6.04 Å². The lowest BCUT2D eigenvalue weighted by Gasteiger charge is -2.24. The van der Waals surface area contributed by atoms with Gasteiger partial charge in [0.05, 0.1) is 12.2 Å². The lowest BCUT2D eigenvalue weighted by Crippen LogP contribution is -2.51. The summed E-state index contributed by atoms with van der Waals surface area (Å²) in [5.41, 5.74) is 2.56. The van der Waals surface area contributed by atoms with Crippen LogP contribution in [-0.4, -0.2) is 54.1 Å².